The number of anilines is 1. The Morgan fingerprint density at radius 3 is 2.52 bits per heavy atom. The van der Waals surface area contributed by atoms with Crippen LogP contribution >= 0.6 is 0 Å². The molecule has 116 valence electrons. The maximum Gasteiger partial charge on any atom is 0.225 e. The van der Waals surface area contributed by atoms with Crippen molar-refractivity contribution in [3.05, 3.63) is 17.0 Å². The first-order valence-electron chi connectivity index (χ1n) is 7.95. The van der Waals surface area contributed by atoms with Crippen LogP contribution in [0.5, 0.6) is 0 Å². The molecular formula is C15H26N6. The molecule has 0 amide bonds. The molecule has 6 heteroatoms. The zero-order chi connectivity index (χ0) is 14.8. The molecule has 0 saturated carbocycles. The predicted molar refractivity (Wildman–Crippen MR) is 84.3 cm³/mol. The number of hydrogen-bond acceptors (Lipinski definition) is 6. The fraction of sp³-hybridized carbons (Fsp3) is 0.733. The lowest BCUT2D eigenvalue weighted by Gasteiger charge is -2.35. The van der Waals surface area contributed by atoms with Gasteiger partial charge in [0.25, 0.3) is 0 Å². The van der Waals surface area contributed by atoms with Crippen LogP contribution in [0.15, 0.2) is 0 Å². The Bertz CT molecular complexity index is 478. The second kappa shape index (κ2) is 6.25. The quantitative estimate of drug-likeness (QED) is 0.850. The number of nitrogens with two attached hydrogens (primary N) is 1. The lowest BCUT2D eigenvalue weighted by Crippen LogP contribution is -2.47. The lowest BCUT2D eigenvalue weighted by atomic mass is 10.0. The van der Waals surface area contributed by atoms with Crippen LogP contribution in [0.25, 0.3) is 0 Å². The number of rotatable bonds is 3. The standard InChI is InChI=1S/C15H26N6/c1-3-20-6-8-21(9-7-20)15-17-13-4-5-19(2)11-12(13)14(10-16)18-15/h3-11,16H2,1-2H3. The average Bonchev–Trinajstić information content (AvgIpc) is 2.54. The van der Waals surface area contributed by atoms with Gasteiger partial charge in [-0.1, -0.05) is 6.92 Å². The van der Waals surface area contributed by atoms with Gasteiger partial charge in [-0.05, 0) is 13.6 Å². The number of aromatic nitrogens is 2. The van der Waals surface area contributed by atoms with E-state index in [0.29, 0.717) is 6.54 Å². The average molecular weight is 290 g/mol. The van der Waals surface area contributed by atoms with Gasteiger partial charge in [-0.15, -0.1) is 0 Å². The van der Waals surface area contributed by atoms with Crippen LogP contribution < -0.4 is 10.6 Å². The highest BCUT2D eigenvalue weighted by atomic mass is 15.3. The van der Waals surface area contributed by atoms with Crippen molar-refractivity contribution in [1.29, 1.82) is 0 Å². The van der Waals surface area contributed by atoms with Crippen LogP contribution in [0.4, 0.5) is 5.95 Å². The summed E-state index contributed by atoms with van der Waals surface area (Å²) in [5, 5.41) is 0. The second-order valence-electron chi connectivity index (χ2n) is 6.01. The third-order valence-electron chi connectivity index (χ3n) is 4.62. The van der Waals surface area contributed by atoms with Gasteiger partial charge in [0.15, 0.2) is 0 Å². The second-order valence-corrected chi connectivity index (χ2v) is 6.01. The topological polar surface area (TPSA) is 61.5 Å². The Balaban J connectivity index is 1.84. The Labute approximate surface area is 126 Å². The molecule has 3 heterocycles. The Hall–Kier alpha value is -1.24. The van der Waals surface area contributed by atoms with Gasteiger partial charge in [0.1, 0.15) is 0 Å². The van der Waals surface area contributed by atoms with Crippen molar-refractivity contribution in [2.45, 2.75) is 26.4 Å². The molecule has 1 aromatic rings. The van der Waals surface area contributed by atoms with Crippen LogP contribution in [0.1, 0.15) is 23.9 Å². The zero-order valence-electron chi connectivity index (χ0n) is 13.2. The molecule has 6 nitrogen and oxygen atoms in total. The third-order valence-corrected chi connectivity index (χ3v) is 4.62. The molecule has 0 atom stereocenters. The summed E-state index contributed by atoms with van der Waals surface area (Å²) in [4.78, 5) is 16.7. The number of likely N-dealkylation sites (N-methyl/N-ethyl adjacent to an activating group) is 2. The van der Waals surface area contributed by atoms with Gasteiger partial charge >= 0.3 is 0 Å². The fourth-order valence-corrected chi connectivity index (χ4v) is 3.18. The van der Waals surface area contributed by atoms with E-state index in [1.807, 2.05) is 0 Å². The van der Waals surface area contributed by atoms with Gasteiger partial charge in [-0.3, -0.25) is 0 Å². The van der Waals surface area contributed by atoms with Gasteiger partial charge in [0.2, 0.25) is 5.95 Å². The Kier molecular flexibility index (Phi) is 4.37. The highest BCUT2D eigenvalue weighted by Crippen LogP contribution is 2.22. The summed E-state index contributed by atoms with van der Waals surface area (Å²) in [6, 6.07) is 0. The monoisotopic (exact) mass is 290 g/mol. The van der Waals surface area contributed by atoms with E-state index in [9.17, 15) is 0 Å². The molecule has 2 aliphatic heterocycles. The van der Waals surface area contributed by atoms with Crippen molar-refractivity contribution >= 4 is 5.95 Å². The fourth-order valence-electron chi connectivity index (χ4n) is 3.18. The van der Waals surface area contributed by atoms with E-state index in [4.69, 9.17) is 15.7 Å². The molecule has 1 fully saturated rings. The van der Waals surface area contributed by atoms with Crippen LogP contribution in [0.2, 0.25) is 0 Å². The first-order valence-corrected chi connectivity index (χ1v) is 7.95. The summed E-state index contributed by atoms with van der Waals surface area (Å²) < 4.78 is 0. The molecular weight excluding hydrogens is 264 g/mol. The maximum absolute atomic E-state index is 5.93. The Morgan fingerprint density at radius 1 is 1.10 bits per heavy atom. The van der Waals surface area contributed by atoms with E-state index in [-0.39, 0.29) is 0 Å². The van der Waals surface area contributed by atoms with Crippen LogP contribution in [-0.2, 0) is 19.5 Å². The van der Waals surface area contributed by atoms with Gasteiger partial charge in [-0.25, -0.2) is 9.97 Å². The minimum Gasteiger partial charge on any atom is -0.338 e. The van der Waals surface area contributed by atoms with E-state index in [2.05, 4.69) is 28.7 Å². The number of hydrogen-bond donors (Lipinski definition) is 1. The van der Waals surface area contributed by atoms with Crippen molar-refractivity contribution < 1.29 is 0 Å². The lowest BCUT2D eigenvalue weighted by molar-refractivity contribution is 0.269. The molecule has 0 radical (unpaired) electrons. The van der Waals surface area contributed by atoms with Crippen molar-refractivity contribution in [2.75, 3.05) is 51.2 Å². The molecule has 2 aliphatic rings. The molecule has 1 saturated heterocycles. The summed E-state index contributed by atoms with van der Waals surface area (Å²) in [5.74, 6) is 0.884. The summed E-state index contributed by atoms with van der Waals surface area (Å²) >= 11 is 0. The summed E-state index contributed by atoms with van der Waals surface area (Å²) in [6.07, 6.45) is 1.00. The highest BCUT2D eigenvalue weighted by molar-refractivity contribution is 5.39. The molecule has 0 unspecified atom stereocenters. The molecule has 21 heavy (non-hydrogen) atoms. The molecule has 0 aliphatic carbocycles. The van der Waals surface area contributed by atoms with E-state index in [1.165, 1.54) is 11.3 Å². The number of fused-ring (bicyclic) bond motifs is 1. The largest absolute Gasteiger partial charge is 0.338 e. The van der Waals surface area contributed by atoms with Crippen LogP contribution in [0, 0.1) is 0 Å². The van der Waals surface area contributed by atoms with Gasteiger partial charge in [0.05, 0.1) is 11.4 Å². The van der Waals surface area contributed by atoms with Gasteiger partial charge < -0.3 is 20.4 Å². The summed E-state index contributed by atoms with van der Waals surface area (Å²) in [5.41, 5.74) is 9.41. The van der Waals surface area contributed by atoms with Crippen molar-refractivity contribution in [3.8, 4) is 0 Å². The number of nitrogens with zero attached hydrogens (tertiary/aromatic N) is 5. The summed E-state index contributed by atoms with van der Waals surface area (Å²) in [6.45, 7) is 10.0. The highest BCUT2D eigenvalue weighted by Gasteiger charge is 2.23. The van der Waals surface area contributed by atoms with Crippen LogP contribution in [0.3, 0.4) is 0 Å². The predicted octanol–water partition coefficient (Wildman–Crippen LogP) is 0.0651. The number of piperazine rings is 1. The molecule has 0 aromatic carbocycles. The third kappa shape index (κ3) is 3.02. The normalized spacial score (nSPS) is 20.6. The van der Waals surface area contributed by atoms with Crippen molar-refractivity contribution in [1.82, 2.24) is 19.8 Å². The van der Waals surface area contributed by atoms with Crippen LogP contribution in [-0.4, -0.2) is 66.1 Å². The smallest absolute Gasteiger partial charge is 0.225 e. The Morgan fingerprint density at radius 2 is 1.86 bits per heavy atom. The molecule has 1 aromatic heterocycles. The van der Waals surface area contributed by atoms with Gasteiger partial charge in [0, 0.05) is 57.8 Å². The van der Waals surface area contributed by atoms with E-state index >= 15 is 0 Å². The van der Waals surface area contributed by atoms with E-state index in [0.717, 1.165) is 63.9 Å². The first kappa shape index (κ1) is 14.7. The maximum atomic E-state index is 5.93. The van der Waals surface area contributed by atoms with Crippen molar-refractivity contribution in [3.63, 3.8) is 0 Å². The molecule has 0 spiro atoms. The van der Waals surface area contributed by atoms with E-state index in [1.54, 1.807) is 0 Å². The van der Waals surface area contributed by atoms with Gasteiger partial charge in [-0.2, -0.15) is 0 Å². The SMILES string of the molecule is CCN1CCN(c2nc(CN)c3c(n2)CCN(C)C3)CC1. The first-order chi connectivity index (χ1) is 10.2. The molecule has 3 rings (SSSR count). The minimum absolute atomic E-state index is 0.501. The minimum atomic E-state index is 0.501. The zero-order valence-corrected chi connectivity index (χ0v) is 13.2. The molecule has 0 bridgehead atoms. The summed E-state index contributed by atoms with van der Waals surface area (Å²) in [7, 11) is 2.14. The molecule has 2 N–H and O–H groups in total. The van der Waals surface area contributed by atoms with Crippen molar-refractivity contribution in [2.24, 2.45) is 5.73 Å². The van der Waals surface area contributed by atoms with E-state index < -0.39 is 0 Å².